The minimum Gasteiger partial charge on any atom is -0.351 e. The second-order valence-corrected chi connectivity index (χ2v) is 7.40. The Morgan fingerprint density at radius 1 is 1.31 bits per heavy atom. The van der Waals surface area contributed by atoms with Gasteiger partial charge in [-0.1, -0.05) is 11.6 Å². The number of carbonyl (C=O) groups is 3. The number of halogens is 1. The molecule has 1 saturated heterocycles. The molecule has 2 fully saturated rings. The third-order valence-corrected chi connectivity index (χ3v) is 5.11. The average Bonchev–Trinajstić information content (AvgIpc) is 3.01. The minimum atomic E-state index is -1.43. The van der Waals surface area contributed by atoms with Crippen LogP contribution in [0.15, 0.2) is 28.4 Å². The van der Waals surface area contributed by atoms with Gasteiger partial charge >= 0.3 is 6.03 Å². The third-order valence-electron chi connectivity index (χ3n) is 4.88. The van der Waals surface area contributed by atoms with Crippen LogP contribution >= 0.6 is 11.6 Å². The van der Waals surface area contributed by atoms with Crippen molar-refractivity contribution in [1.82, 2.24) is 16.0 Å². The molecule has 4 atom stereocenters. The molecule has 3 rings (SSSR count). The maximum atomic E-state index is 12.6. The normalized spacial score (nSPS) is 24.3. The number of nitro groups is 1. The fourth-order valence-electron chi connectivity index (χ4n) is 3.46. The van der Waals surface area contributed by atoms with Gasteiger partial charge in [-0.3, -0.25) is 19.7 Å². The first-order valence-corrected chi connectivity index (χ1v) is 9.35. The molecule has 0 radical (unpaired) electrons. The van der Waals surface area contributed by atoms with E-state index in [2.05, 4.69) is 26.2 Å². The Morgan fingerprint density at radius 3 is 2.72 bits per heavy atom. The zero-order valence-electron chi connectivity index (χ0n) is 15.4. The predicted molar refractivity (Wildman–Crippen MR) is 102 cm³/mol. The summed E-state index contributed by atoms with van der Waals surface area (Å²) < 4.78 is 0. The fraction of sp³-hybridized carbons (Fsp3) is 0.471. The molecule has 1 aromatic carbocycles. The third kappa shape index (κ3) is 4.86. The van der Waals surface area contributed by atoms with Crippen molar-refractivity contribution in [3.05, 3.63) is 33.3 Å². The quantitative estimate of drug-likeness (QED) is 0.276. The molecular weight excluding hydrogens is 404 g/mol. The van der Waals surface area contributed by atoms with Crippen molar-refractivity contribution in [1.29, 1.82) is 0 Å². The van der Waals surface area contributed by atoms with E-state index in [1.807, 2.05) is 0 Å². The van der Waals surface area contributed by atoms with Gasteiger partial charge in [0.15, 0.2) is 11.5 Å². The molecule has 11 nitrogen and oxygen atoms in total. The van der Waals surface area contributed by atoms with Gasteiger partial charge in [0.05, 0.1) is 17.0 Å². The van der Waals surface area contributed by atoms with Gasteiger partial charge in [-0.2, -0.15) is 5.11 Å². The van der Waals surface area contributed by atoms with E-state index in [9.17, 15) is 24.5 Å². The second kappa shape index (κ2) is 8.52. The SMILES string of the molecule is CC(=O)C(N=Nc1ccc(Cl)cc1[N+](=O)[O-])C(=O)NC1CCC2NC(=O)NC2C1. The first-order valence-electron chi connectivity index (χ1n) is 8.97. The van der Waals surface area contributed by atoms with Crippen molar-refractivity contribution in [3.8, 4) is 0 Å². The van der Waals surface area contributed by atoms with E-state index in [1.54, 1.807) is 0 Å². The van der Waals surface area contributed by atoms with Gasteiger partial charge in [-0.25, -0.2) is 4.79 Å². The van der Waals surface area contributed by atoms with Crippen molar-refractivity contribution in [2.75, 3.05) is 0 Å². The van der Waals surface area contributed by atoms with E-state index in [1.165, 1.54) is 19.1 Å². The highest BCUT2D eigenvalue weighted by Crippen LogP contribution is 2.30. The summed E-state index contributed by atoms with van der Waals surface area (Å²) in [4.78, 5) is 46.3. The van der Waals surface area contributed by atoms with Crippen LogP contribution in [0.1, 0.15) is 26.2 Å². The Bertz CT molecular complexity index is 891. The van der Waals surface area contributed by atoms with Crippen LogP contribution in [-0.4, -0.2) is 46.8 Å². The molecule has 0 bridgehead atoms. The number of hydrogen-bond acceptors (Lipinski definition) is 7. The van der Waals surface area contributed by atoms with Crippen LogP contribution in [0.25, 0.3) is 0 Å². The van der Waals surface area contributed by atoms with Crippen molar-refractivity contribution < 1.29 is 19.3 Å². The first kappa shape index (κ1) is 20.6. The van der Waals surface area contributed by atoms with Crippen LogP contribution in [0.5, 0.6) is 0 Å². The number of carbonyl (C=O) groups excluding carboxylic acids is 3. The Kier molecular flexibility index (Phi) is 6.06. The van der Waals surface area contributed by atoms with Crippen LogP contribution in [0.4, 0.5) is 16.2 Å². The first-order chi connectivity index (χ1) is 13.7. The highest BCUT2D eigenvalue weighted by atomic mass is 35.5. The number of urea groups is 1. The minimum absolute atomic E-state index is 0.0318. The molecule has 1 heterocycles. The number of Topliss-reactive ketones (excluding diaryl/α,β-unsaturated/α-hetero) is 1. The lowest BCUT2D eigenvalue weighted by Gasteiger charge is -2.31. The van der Waals surface area contributed by atoms with E-state index in [0.29, 0.717) is 19.3 Å². The van der Waals surface area contributed by atoms with Gasteiger partial charge in [0, 0.05) is 17.1 Å². The molecule has 3 amide bonds. The number of amides is 3. The summed E-state index contributed by atoms with van der Waals surface area (Å²) in [5.74, 6) is -1.19. The summed E-state index contributed by atoms with van der Waals surface area (Å²) in [6.45, 7) is 1.19. The lowest BCUT2D eigenvalue weighted by molar-refractivity contribution is -0.384. The number of azo groups is 1. The topological polar surface area (TPSA) is 155 Å². The van der Waals surface area contributed by atoms with E-state index >= 15 is 0 Å². The number of nitro benzene ring substituents is 1. The van der Waals surface area contributed by atoms with Crippen molar-refractivity contribution in [3.63, 3.8) is 0 Å². The smallest absolute Gasteiger partial charge is 0.315 e. The zero-order chi connectivity index (χ0) is 21.1. The van der Waals surface area contributed by atoms with Crippen LogP contribution in [0.2, 0.25) is 5.02 Å². The van der Waals surface area contributed by atoms with E-state index in [4.69, 9.17) is 11.6 Å². The monoisotopic (exact) mass is 422 g/mol. The summed E-state index contributed by atoms with van der Waals surface area (Å²) in [5.41, 5.74) is -0.495. The van der Waals surface area contributed by atoms with Crippen molar-refractivity contribution in [2.45, 2.75) is 50.4 Å². The largest absolute Gasteiger partial charge is 0.351 e. The Balaban J connectivity index is 1.69. The van der Waals surface area contributed by atoms with Gasteiger partial charge < -0.3 is 16.0 Å². The Hall–Kier alpha value is -3.08. The van der Waals surface area contributed by atoms with Gasteiger partial charge in [-0.15, -0.1) is 5.11 Å². The van der Waals surface area contributed by atoms with Crippen LogP contribution in [-0.2, 0) is 9.59 Å². The Labute approximate surface area is 170 Å². The lowest BCUT2D eigenvalue weighted by Crippen LogP contribution is -2.50. The lowest BCUT2D eigenvalue weighted by atomic mass is 9.87. The molecular formula is C17H19ClN6O5. The number of hydrogen-bond donors (Lipinski definition) is 3. The summed E-state index contributed by atoms with van der Waals surface area (Å²) >= 11 is 5.75. The highest BCUT2D eigenvalue weighted by molar-refractivity contribution is 6.30. The number of nitrogens with zero attached hydrogens (tertiary/aromatic N) is 3. The second-order valence-electron chi connectivity index (χ2n) is 6.97. The number of rotatable bonds is 6. The standard InChI is InChI=1S/C17H19ClN6O5/c1-8(25)15(23-22-12-4-2-9(18)6-14(12)24(28)29)16(26)19-10-3-5-11-13(7-10)21-17(27)20-11/h2,4,6,10-11,13,15H,3,5,7H2,1H3,(H,19,26)(H2,20,21,27). The molecule has 1 aliphatic carbocycles. The molecule has 1 aliphatic heterocycles. The van der Waals surface area contributed by atoms with E-state index in [0.717, 1.165) is 6.07 Å². The van der Waals surface area contributed by atoms with Gasteiger partial charge in [-0.05, 0) is 38.3 Å². The summed E-state index contributed by atoms with van der Waals surface area (Å²) in [7, 11) is 0. The molecule has 4 unspecified atom stereocenters. The molecule has 154 valence electrons. The summed E-state index contributed by atoms with van der Waals surface area (Å²) in [6, 6.07) is 1.85. The zero-order valence-corrected chi connectivity index (χ0v) is 16.2. The number of fused-ring (bicyclic) bond motifs is 1. The highest BCUT2D eigenvalue weighted by Gasteiger charge is 2.38. The summed E-state index contributed by atoms with van der Waals surface area (Å²) in [5, 5.41) is 27.1. The maximum Gasteiger partial charge on any atom is 0.315 e. The molecule has 29 heavy (non-hydrogen) atoms. The van der Waals surface area contributed by atoms with Crippen molar-refractivity contribution >= 4 is 40.7 Å². The average molecular weight is 423 g/mol. The maximum absolute atomic E-state index is 12.6. The van der Waals surface area contributed by atoms with Crippen LogP contribution in [0.3, 0.4) is 0 Å². The molecule has 0 aromatic heterocycles. The molecule has 1 aromatic rings. The molecule has 1 saturated carbocycles. The van der Waals surface area contributed by atoms with E-state index in [-0.39, 0.29) is 40.6 Å². The number of benzene rings is 1. The molecule has 0 spiro atoms. The van der Waals surface area contributed by atoms with Crippen LogP contribution in [0, 0.1) is 10.1 Å². The number of nitrogens with one attached hydrogen (secondary N) is 3. The van der Waals surface area contributed by atoms with E-state index < -0.39 is 22.7 Å². The predicted octanol–water partition coefficient (Wildman–Crippen LogP) is 2.01. The van der Waals surface area contributed by atoms with Gasteiger partial charge in [0.1, 0.15) is 0 Å². The molecule has 12 heteroatoms. The fourth-order valence-corrected chi connectivity index (χ4v) is 3.62. The van der Waals surface area contributed by atoms with Gasteiger partial charge in [0.2, 0.25) is 6.04 Å². The van der Waals surface area contributed by atoms with Crippen LogP contribution < -0.4 is 16.0 Å². The Morgan fingerprint density at radius 2 is 2.03 bits per heavy atom. The van der Waals surface area contributed by atoms with Gasteiger partial charge in [0.25, 0.3) is 11.6 Å². The number of ketones is 1. The van der Waals surface area contributed by atoms with Crippen molar-refractivity contribution in [2.24, 2.45) is 10.2 Å². The molecule has 2 aliphatic rings. The molecule has 3 N–H and O–H groups in total. The summed E-state index contributed by atoms with van der Waals surface area (Å²) in [6.07, 6.45) is 1.86.